The van der Waals surface area contributed by atoms with Gasteiger partial charge in [0.2, 0.25) is 0 Å². The summed E-state index contributed by atoms with van der Waals surface area (Å²) >= 11 is 0. The molecule has 1 heterocycles. The molecule has 0 atom stereocenters. The van der Waals surface area contributed by atoms with Crippen molar-refractivity contribution in [2.24, 2.45) is 0 Å². The second-order valence-electron chi connectivity index (χ2n) is 3.63. The number of benzene rings is 1. The van der Waals surface area contributed by atoms with Gasteiger partial charge >= 0.3 is 0 Å². The first-order valence-corrected chi connectivity index (χ1v) is 5.24. The summed E-state index contributed by atoms with van der Waals surface area (Å²) < 4.78 is 13.2. The summed E-state index contributed by atoms with van der Waals surface area (Å²) in [6.07, 6.45) is 1.64. The molecule has 0 aliphatic rings. The third-order valence-corrected chi connectivity index (χ3v) is 2.29. The molecule has 18 heavy (non-hydrogen) atoms. The molecular weight excluding hydrogens is 237 g/mol. The van der Waals surface area contributed by atoms with Gasteiger partial charge in [-0.1, -0.05) is 6.07 Å². The summed E-state index contributed by atoms with van der Waals surface area (Å²) in [6.45, 7) is 0.376. The van der Waals surface area contributed by atoms with Gasteiger partial charge < -0.3 is 5.32 Å². The predicted molar refractivity (Wildman–Crippen MR) is 64.6 cm³/mol. The lowest BCUT2D eigenvalue weighted by molar-refractivity contribution is -0.385. The normalized spacial score (nSPS) is 10.1. The molecule has 0 unspecified atom stereocenters. The lowest BCUT2D eigenvalue weighted by Gasteiger charge is -2.05. The largest absolute Gasteiger partial charge is 0.379 e. The highest BCUT2D eigenvalue weighted by Crippen LogP contribution is 2.20. The first kappa shape index (κ1) is 12.0. The van der Waals surface area contributed by atoms with E-state index in [1.165, 1.54) is 12.1 Å². The second-order valence-corrected chi connectivity index (χ2v) is 3.63. The number of hydrogen-bond donors (Lipinski definition) is 1. The number of nitrogens with zero attached hydrogens (tertiary/aromatic N) is 2. The standard InChI is InChI=1S/C12H10FN3O2/c13-9-5-11(7-12(6-9)16(17)18)15-8-10-3-1-2-4-14-10/h1-7,15H,8H2. The molecule has 1 N–H and O–H groups in total. The van der Waals surface area contributed by atoms with E-state index in [1.807, 2.05) is 6.07 Å². The summed E-state index contributed by atoms with van der Waals surface area (Å²) in [5, 5.41) is 13.5. The van der Waals surface area contributed by atoms with E-state index < -0.39 is 10.7 Å². The molecule has 0 aliphatic heterocycles. The Kier molecular flexibility index (Phi) is 3.47. The SMILES string of the molecule is O=[N+]([O-])c1cc(F)cc(NCc2ccccn2)c1. The van der Waals surface area contributed by atoms with Crippen LogP contribution in [0.2, 0.25) is 0 Å². The van der Waals surface area contributed by atoms with Gasteiger partial charge in [0.05, 0.1) is 23.2 Å². The Hall–Kier alpha value is -2.50. The molecular formula is C12H10FN3O2. The highest BCUT2D eigenvalue weighted by Gasteiger charge is 2.09. The van der Waals surface area contributed by atoms with Gasteiger partial charge in [-0.05, 0) is 18.2 Å². The quantitative estimate of drug-likeness (QED) is 0.666. The average molecular weight is 247 g/mol. The van der Waals surface area contributed by atoms with Crippen molar-refractivity contribution >= 4 is 11.4 Å². The zero-order valence-corrected chi connectivity index (χ0v) is 9.34. The van der Waals surface area contributed by atoms with Crippen LogP contribution in [0.15, 0.2) is 42.6 Å². The average Bonchev–Trinajstić information content (AvgIpc) is 2.37. The van der Waals surface area contributed by atoms with Crippen molar-refractivity contribution in [1.29, 1.82) is 0 Å². The Bertz CT molecular complexity index is 561. The monoisotopic (exact) mass is 247 g/mol. The Morgan fingerprint density at radius 2 is 2.17 bits per heavy atom. The van der Waals surface area contributed by atoms with Gasteiger partial charge in [-0.3, -0.25) is 15.1 Å². The van der Waals surface area contributed by atoms with Gasteiger partial charge in [-0.2, -0.15) is 0 Å². The first-order valence-electron chi connectivity index (χ1n) is 5.24. The molecule has 2 rings (SSSR count). The van der Waals surface area contributed by atoms with Crippen LogP contribution in [0.5, 0.6) is 0 Å². The predicted octanol–water partition coefficient (Wildman–Crippen LogP) is 2.74. The molecule has 0 amide bonds. The molecule has 0 saturated carbocycles. The zero-order chi connectivity index (χ0) is 13.0. The molecule has 92 valence electrons. The smallest absolute Gasteiger partial charge is 0.274 e. The summed E-state index contributed by atoms with van der Waals surface area (Å²) in [5.41, 5.74) is 0.843. The van der Waals surface area contributed by atoms with E-state index in [4.69, 9.17) is 0 Å². The molecule has 0 aliphatic carbocycles. The van der Waals surface area contributed by atoms with E-state index >= 15 is 0 Å². The third kappa shape index (κ3) is 3.00. The lowest BCUT2D eigenvalue weighted by atomic mass is 10.2. The minimum absolute atomic E-state index is 0.279. The molecule has 0 radical (unpaired) electrons. The van der Waals surface area contributed by atoms with Crippen LogP contribution in [0.3, 0.4) is 0 Å². The Labute approximate surface area is 102 Å². The van der Waals surface area contributed by atoms with Crippen molar-refractivity contribution in [3.05, 3.63) is 64.2 Å². The van der Waals surface area contributed by atoms with Crippen molar-refractivity contribution < 1.29 is 9.31 Å². The van der Waals surface area contributed by atoms with Crippen LogP contribution < -0.4 is 5.32 Å². The van der Waals surface area contributed by atoms with Gasteiger partial charge in [0.1, 0.15) is 5.82 Å². The summed E-state index contributed by atoms with van der Waals surface area (Å²) in [5.74, 6) is -0.646. The number of pyridine rings is 1. The number of halogens is 1. The van der Waals surface area contributed by atoms with Crippen LogP contribution in [0.1, 0.15) is 5.69 Å². The van der Waals surface area contributed by atoms with E-state index in [9.17, 15) is 14.5 Å². The van der Waals surface area contributed by atoms with Crippen molar-refractivity contribution in [3.63, 3.8) is 0 Å². The van der Waals surface area contributed by atoms with Gasteiger partial charge in [0.15, 0.2) is 0 Å². The maximum Gasteiger partial charge on any atom is 0.274 e. The molecule has 6 heteroatoms. The number of non-ortho nitro benzene ring substituents is 1. The van der Waals surface area contributed by atoms with E-state index in [1.54, 1.807) is 18.3 Å². The van der Waals surface area contributed by atoms with Gasteiger partial charge in [0.25, 0.3) is 5.69 Å². The minimum atomic E-state index is -0.646. The van der Waals surface area contributed by atoms with Crippen LogP contribution >= 0.6 is 0 Å². The maximum absolute atomic E-state index is 13.2. The minimum Gasteiger partial charge on any atom is -0.379 e. The summed E-state index contributed by atoms with van der Waals surface area (Å²) in [4.78, 5) is 14.0. The Balaban J connectivity index is 2.12. The molecule has 5 nitrogen and oxygen atoms in total. The van der Waals surface area contributed by atoms with Crippen LogP contribution in [-0.4, -0.2) is 9.91 Å². The molecule has 1 aromatic heterocycles. The molecule has 1 aromatic carbocycles. The first-order chi connectivity index (χ1) is 8.65. The van der Waals surface area contributed by atoms with Gasteiger partial charge in [-0.15, -0.1) is 0 Å². The second kappa shape index (κ2) is 5.22. The highest BCUT2D eigenvalue weighted by molar-refractivity contribution is 5.51. The fraction of sp³-hybridized carbons (Fsp3) is 0.0833. The molecule has 0 saturated heterocycles. The number of nitrogens with one attached hydrogen (secondary N) is 1. The van der Waals surface area contributed by atoms with Crippen LogP contribution in [0.4, 0.5) is 15.8 Å². The van der Waals surface area contributed by atoms with E-state index in [2.05, 4.69) is 10.3 Å². The van der Waals surface area contributed by atoms with E-state index in [0.29, 0.717) is 12.2 Å². The van der Waals surface area contributed by atoms with Crippen molar-refractivity contribution in [2.45, 2.75) is 6.54 Å². The number of hydrogen-bond acceptors (Lipinski definition) is 4. The molecule has 0 spiro atoms. The number of anilines is 1. The molecule has 2 aromatic rings. The maximum atomic E-state index is 13.2. The highest BCUT2D eigenvalue weighted by atomic mass is 19.1. The van der Waals surface area contributed by atoms with Crippen molar-refractivity contribution in [1.82, 2.24) is 4.98 Å². The number of nitro groups is 1. The van der Waals surface area contributed by atoms with Crippen LogP contribution in [0.25, 0.3) is 0 Å². The lowest BCUT2D eigenvalue weighted by Crippen LogP contribution is -2.02. The van der Waals surface area contributed by atoms with Crippen molar-refractivity contribution in [2.75, 3.05) is 5.32 Å². The third-order valence-electron chi connectivity index (χ3n) is 2.29. The Morgan fingerprint density at radius 1 is 1.33 bits per heavy atom. The topological polar surface area (TPSA) is 68.1 Å². The molecule has 0 fully saturated rings. The van der Waals surface area contributed by atoms with Crippen LogP contribution in [-0.2, 0) is 6.54 Å². The number of nitro benzene ring substituents is 1. The number of aromatic nitrogens is 1. The fourth-order valence-corrected chi connectivity index (χ4v) is 1.48. The van der Waals surface area contributed by atoms with Crippen LogP contribution in [0, 0.1) is 15.9 Å². The molecule has 0 bridgehead atoms. The van der Waals surface area contributed by atoms with Crippen molar-refractivity contribution in [3.8, 4) is 0 Å². The Morgan fingerprint density at radius 3 is 2.83 bits per heavy atom. The van der Waals surface area contributed by atoms with Gasteiger partial charge in [0, 0.05) is 18.0 Å². The summed E-state index contributed by atoms with van der Waals surface area (Å²) in [7, 11) is 0. The van der Waals surface area contributed by atoms with Gasteiger partial charge in [-0.25, -0.2) is 4.39 Å². The van der Waals surface area contributed by atoms with E-state index in [0.717, 1.165) is 11.8 Å². The fourth-order valence-electron chi connectivity index (χ4n) is 1.48. The summed E-state index contributed by atoms with van der Waals surface area (Å²) in [6, 6.07) is 8.79. The zero-order valence-electron chi connectivity index (χ0n) is 9.34. The van der Waals surface area contributed by atoms with E-state index in [-0.39, 0.29) is 5.69 Å². The number of rotatable bonds is 4.